The number of aromatic nitrogens is 1. The van der Waals surface area contributed by atoms with Gasteiger partial charge < -0.3 is 0 Å². The molecule has 3 atom stereocenters. The Kier molecular flexibility index (Phi) is 5.52. The minimum absolute atomic E-state index is 0.195. The van der Waals surface area contributed by atoms with Crippen LogP contribution in [0.3, 0.4) is 0 Å². The minimum Gasteiger partial charge on any atom is -0.273 e. The van der Waals surface area contributed by atoms with Crippen molar-refractivity contribution in [1.29, 1.82) is 0 Å². The van der Waals surface area contributed by atoms with Crippen molar-refractivity contribution in [1.82, 2.24) is 4.57 Å². The van der Waals surface area contributed by atoms with Crippen molar-refractivity contribution in [3.8, 4) is 5.69 Å². The Morgan fingerprint density at radius 3 is 2.08 bits per heavy atom. The van der Waals surface area contributed by atoms with Crippen molar-refractivity contribution >= 4 is 46.1 Å². The molecule has 0 radical (unpaired) electrons. The maximum absolute atomic E-state index is 13.9. The smallest absolute Gasteiger partial charge is 0.273 e. The Morgan fingerprint density at radius 2 is 1.42 bits per heavy atom. The number of hydrogen-bond acceptors (Lipinski definition) is 6. The van der Waals surface area contributed by atoms with E-state index in [1.165, 1.54) is 9.47 Å². The third kappa shape index (κ3) is 3.41. The van der Waals surface area contributed by atoms with E-state index in [0.29, 0.717) is 21.9 Å². The molecule has 2 aliphatic rings. The molecule has 0 spiro atoms. The maximum Gasteiger partial charge on any atom is 0.313 e. The van der Waals surface area contributed by atoms with E-state index in [-0.39, 0.29) is 15.9 Å². The highest BCUT2D eigenvalue weighted by atomic mass is 35.5. The van der Waals surface area contributed by atoms with E-state index in [2.05, 4.69) is 0 Å². The third-order valence-corrected chi connectivity index (χ3v) is 8.04. The summed E-state index contributed by atoms with van der Waals surface area (Å²) < 4.78 is 1.42. The molecule has 2 fully saturated rings. The molecule has 0 saturated carbocycles. The zero-order valence-electron chi connectivity index (χ0n) is 19.1. The molecule has 2 amide bonds. The van der Waals surface area contributed by atoms with Crippen molar-refractivity contribution in [3.63, 3.8) is 0 Å². The standard InChI is InChI=1S/C27H20ClN3O4S/c1-16-10-8-9-15-19(16)30-25(32)20-21(31(35-22(20)26(30)33)18-13-6-3-7-14-18)23-24(28)29(27(34)36-23)17-11-4-2-5-12-17/h2-15,20-22H,1H3/t20-,21-,22-/m0/s1. The predicted molar refractivity (Wildman–Crippen MR) is 139 cm³/mol. The summed E-state index contributed by atoms with van der Waals surface area (Å²) in [5, 5.41) is 1.74. The van der Waals surface area contributed by atoms with E-state index in [1.807, 2.05) is 67.6 Å². The van der Waals surface area contributed by atoms with E-state index < -0.39 is 24.0 Å². The first-order chi connectivity index (χ1) is 17.5. The molecule has 2 aliphatic heterocycles. The second-order valence-electron chi connectivity index (χ2n) is 8.65. The average Bonchev–Trinajstić information content (AvgIpc) is 3.50. The van der Waals surface area contributed by atoms with E-state index in [4.69, 9.17) is 16.4 Å². The van der Waals surface area contributed by atoms with Gasteiger partial charge in [0.05, 0.1) is 21.9 Å². The van der Waals surface area contributed by atoms with Crippen LogP contribution in [0.5, 0.6) is 0 Å². The number of benzene rings is 3. The highest BCUT2D eigenvalue weighted by Gasteiger charge is 2.61. The van der Waals surface area contributed by atoms with E-state index in [9.17, 15) is 14.4 Å². The largest absolute Gasteiger partial charge is 0.313 e. The van der Waals surface area contributed by atoms with Crippen LogP contribution in [0.2, 0.25) is 5.15 Å². The van der Waals surface area contributed by atoms with Gasteiger partial charge in [-0.3, -0.25) is 23.8 Å². The normalized spacial score (nSPS) is 21.3. The van der Waals surface area contributed by atoms with Gasteiger partial charge in [-0.1, -0.05) is 77.5 Å². The van der Waals surface area contributed by atoms with Crippen LogP contribution < -0.4 is 14.8 Å². The van der Waals surface area contributed by atoms with Gasteiger partial charge >= 0.3 is 4.87 Å². The van der Waals surface area contributed by atoms with Crippen molar-refractivity contribution < 1.29 is 14.4 Å². The number of nitrogens with zero attached hydrogens (tertiary/aromatic N) is 3. The number of amides is 2. The van der Waals surface area contributed by atoms with Crippen LogP contribution in [0.4, 0.5) is 11.4 Å². The second kappa shape index (κ2) is 8.74. The number of rotatable bonds is 4. The quantitative estimate of drug-likeness (QED) is 0.360. The zero-order valence-corrected chi connectivity index (χ0v) is 20.6. The van der Waals surface area contributed by atoms with E-state index in [1.54, 1.807) is 29.3 Å². The van der Waals surface area contributed by atoms with Crippen molar-refractivity contribution in [2.75, 3.05) is 9.96 Å². The van der Waals surface area contributed by atoms with E-state index in [0.717, 1.165) is 16.9 Å². The molecular formula is C27H20ClN3O4S. The fourth-order valence-electron chi connectivity index (χ4n) is 4.88. The number of halogens is 1. The van der Waals surface area contributed by atoms with Crippen molar-refractivity contribution in [3.05, 3.63) is 110 Å². The second-order valence-corrected chi connectivity index (χ2v) is 10.0. The zero-order chi connectivity index (χ0) is 25.0. The molecule has 0 bridgehead atoms. The molecule has 4 aromatic rings. The summed E-state index contributed by atoms with van der Waals surface area (Å²) in [6.45, 7) is 1.85. The summed E-state index contributed by atoms with van der Waals surface area (Å²) in [7, 11) is 0. The van der Waals surface area contributed by atoms with Crippen LogP contribution in [0, 0.1) is 12.8 Å². The first kappa shape index (κ1) is 22.7. The van der Waals surface area contributed by atoms with Crippen LogP contribution in [0.15, 0.2) is 89.7 Å². The summed E-state index contributed by atoms with van der Waals surface area (Å²) in [6, 6.07) is 24.7. The number of aryl methyl sites for hydroxylation is 1. The van der Waals surface area contributed by atoms with Gasteiger partial charge in [0.2, 0.25) is 5.91 Å². The number of hydrogen-bond donors (Lipinski definition) is 0. The summed E-state index contributed by atoms with van der Waals surface area (Å²) in [4.78, 5) is 48.1. The fourth-order valence-corrected chi connectivity index (χ4v) is 6.35. The molecule has 36 heavy (non-hydrogen) atoms. The third-order valence-electron chi connectivity index (χ3n) is 6.54. The number of carbonyl (C=O) groups is 2. The first-order valence-electron chi connectivity index (χ1n) is 11.4. The van der Waals surface area contributed by atoms with Crippen LogP contribution >= 0.6 is 22.9 Å². The van der Waals surface area contributed by atoms with Crippen molar-refractivity contribution in [2.24, 2.45) is 5.92 Å². The van der Waals surface area contributed by atoms with Crippen LogP contribution in [0.1, 0.15) is 16.5 Å². The van der Waals surface area contributed by atoms with Crippen LogP contribution in [0.25, 0.3) is 5.69 Å². The van der Waals surface area contributed by atoms with Crippen LogP contribution in [-0.2, 0) is 14.4 Å². The number of thiazole rings is 1. The summed E-state index contributed by atoms with van der Waals surface area (Å²) in [5.74, 6) is -1.70. The summed E-state index contributed by atoms with van der Waals surface area (Å²) in [5.41, 5.74) is 2.60. The number of carbonyl (C=O) groups excluding carboxylic acids is 2. The molecule has 6 rings (SSSR count). The van der Waals surface area contributed by atoms with Gasteiger partial charge in [0.15, 0.2) is 6.10 Å². The topological polar surface area (TPSA) is 71.8 Å². The first-order valence-corrected chi connectivity index (χ1v) is 12.6. The summed E-state index contributed by atoms with van der Waals surface area (Å²) >= 11 is 7.79. The lowest BCUT2D eigenvalue weighted by atomic mass is 9.95. The SMILES string of the molecule is Cc1ccccc1N1C(=O)[C@@H]2[C@H](ON(c3ccccc3)[C@@H]2c2sc(=O)n(-c3ccccc3)c2Cl)C1=O. The Morgan fingerprint density at radius 1 is 0.806 bits per heavy atom. The van der Waals surface area contributed by atoms with Gasteiger partial charge in [-0.15, -0.1) is 0 Å². The van der Waals surface area contributed by atoms with Crippen LogP contribution in [-0.4, -0.2) is 22.5 Å². The average molecular weight is 518 g/mol. The maximum atomic E-state index is 13.9. The molecule has 2 saturated heterocycles. The number of anilines is 2. The number of hydroxylamine groups is 1. The number of para-hydroxylation sites is 3. The lowest BCUT2D eigenvalue weighted by Crippen LogP contribution is -2.37. The molecule has 180 valence electrons. The van der Waals surface area contributed by atoms with Gasteiger partial charge in [0.1, 0.15) is 17.1 Å². The minimum atomic E-state index is -1.04. The number of imide groups is 1. The molecule has 3 aromatic carbocycles. The predicted octanol–water partition coefficient (Wildman–Crippen LogP) is 4.91. The van der Waals surface area contributed by atoms with Gasteiger partial charge in [-0.05, 0) is 42.8 Å². The molecule has 0 N–H and O–H groups in total. The van der Waals surface area contributed by atoms with Crippen molar-refractivity contribution in [2.45, 2.75) is 19.1 Å². The molecule has 0 unspecified atom stereocenters. The molecular weight excluding hydrogens is 498 g/mol. The Balaban J connectivity index is 1.50. The van der Waals surface area contributed by atoms with Gasteiger partial charge in [-0.2, -0.15) is 0 Å². The van der Waals surface area contributed by atoms with Gasteiger partial charge in [0.25, 0.3) is 5.91 Å². The Bertz CT molecular complexity index is 1540. The van der Waals surface area contributed by atoms with Gasteiger partial charge in [0, 0.05) is 0 Å². The Hall–Kier alpha value is -3.72. The molecule has 3 heterocycles. The lowest BCUT2D eigenvalue weighted by Gasteiger charge is -2.28. The monoisotopic (exact) mass is 517 g/mol. The highest BCUT2D eigenvalue weighted by molar-refractivity contribution is 7.10. The molecule has 7 nitrogen and oxygen atoms in total. The lowest BCUT2D eigenvalue weighted by molar-refractivity contribution is -0.126. The fraction of sp³-hybridized carbons (Fsp3) is 0.148. The summed E-state index contributed by atoms with van der Waals surface area (Å²) in [6.07, 6.45) is -1.04. The highest BCUT2D eigenvalue weighted by Crippen LogP contribution is 2.50. The van der Waals surface area contributed by atoms with Gasteiger partial charge in [-0.25, -0.2) is 9.96 Å². The Labute approximate surface area is 215 Å². The molecule has 9 heteroatoms. The van der Waals surface area contributed by atoms with E-state index >= 15 is 0 Å². The number of fused-ring (bicyclic) bond motifs is 1. The molecule has 1 aromatic heterocycles. The molecule has 0 aliphatic carbocycles.